The molecule has 33 heavy (non-hydrogen) atoms. The lowest BCUT2D eigenvalue weighted by atomic mass is 10.2. The average molecular weight is 464 g/mol. The van der Waals surface area contributed by atoms with Crippen LogP contribution < -0.4 is 17.0 Å². The molecule has 10 heteroatoms. The molecule has 0 spiro atoms. The van der Waals surface area contributed by atoms with Crippen molar-refractivity contribution in [1.82, 2.24) is 19.3 Å². The molecule has 4 aromatic rings. The Morgan fingerprint density at radius 2 is 1.64 bits per heavy atom. The van der Waals surface area contributed by atoms with Gasteiger partial charge in [-0.05, 0) is 11.1 Å². The topological polar surface area (TPSA) is 126 Å². The van der Waals surface area contributed by atoms with E-state index < -0.39 is 17.0 Å². The molecule has 0 aliphatic rings. The zero-order valence-electron chi connectivity index (χ0n) is 17.8. The average Bonchev–Trinajstić information content (AvgIpc) is 3.28. The predicted molar refractivity (Wildman–Crippen MR) is 124 cm³/mol. The summed E-state index contributed by atoms with van der Waals surface area (Å²) in [5, 5.41) is 8.16. The summed E-state index contributed by atoms with van der Waals surface area (Å²) >= 11 is 1.01. The number of nitrogen functional groups attached to an aromatic ring is 1. The van der Waals surface area contributed by atoms with E-state index in [1.54, 1.807) is 0 Å². The van der Waals surface area contributed by atoms with Crippen LogP contribution >= 0.6 is 11.8 Å². The molecule has 0 saturated heterocycles. The maximum absolute atomic E-state index is 12.9. The maximum Gasteiger partial charge on any atom is 0.332 e. The second-order valence-corrected chi connectivity index (χ2v) is 8.24. The summed E-state index contributed by atoms with van der Waals surface area (Å²) in [5.41, 5.74) is 6.41. The molecular formula is C23H21N5O4S. The van der Waals surface area contributed by atoms with Crippen LogP contribution in [0.15, 0.2) is 79.9 Å². The van der Waals surface area contributed by atoms with Crippen LogP contribution in [0.4, 0.5) is 5.82 Å². The second-order valence-electron chi connectivity index (χ2n) is 7.31. The van der Waals surface area contributed by atoms with Crippen molar-refractivity contribution in [3.05, 3.63) is 104 Å². The Morgan fingerprint density at radius 1 is 1.00 bits per heavy atom. The van der Waals surface area contributed by atoms with E-state index in [1.165, 1.54) is 11.6 Å². The van der Waals surface area contributed by atoms with Crippen molar-refractivity contribution in [2.24, 2.45) is 7.05 Å². The fourth-order valence-electron chi connectivity index (χ4n) is 3.30. The number of aromatic nitrogens is 4. The molecule has 9 nitrogen and oxygen atoms in total. The fraction of sp³-hybridized carbons (Fsp3) is 0.174. The highest BCUT2D eigenvalue weighted by atomic mass is 32.2. The van der Waals surface area contributed by atoms with Crippen molar-refractivity contribution in [3.63, 3.8) is 0 Å². The van der Waals surface area contributed by atoms with Crippen LogP contribution in [0.3, 0.4) is 0 Å². The minimum absolute atomic E-state index is 0.138. The highest BCUT2D eigenvalue weighted by molar-refractivity contribution is 7.99. The Bertz CT molecular complexity index is 1390. The maximum atomic E-state index is 12.9. The third-order valence-electron chi connectivity index (χ3n) is 5.02. The first-order valence-corrected chi connectivity index (χ1v) is 11.1. The Labute approximate surface area is 192 Å². The Morgan fingerprint density at radius 3 is 2.30 bits per heavy atom. The van der Waals surface area contributed by atoms with Gasteiger partial charge in [-0.3, -0.25) is 18.7 Å². The summed E-state index contributed by atoms with van der Waals surface area (Å²) in [6, 6.07) is 18.8. The van der Waals surface area contributed by atoms with Gasteiger partial charge in [0.1, 0.15) is 11.4 Å². The van der Waals surface area contributed by atoms with E-state index in [2.05, 4.69) is 10.2 Å². The van der Waals surface area contributed by atoms with E-state index in [4.69, 9.17) is 10.2 Å². The van der Waals surface area contributed by atoms with E-state index in [0.717, 1.165) is 27.5 Å². The molecule has 0 aliphatic carbocycles. The number of nitrogens with zero attached hydrogens (tertiary/aromatic N) is 4. The SMILES string of the molecule is Cn1c(=O)c(C(=O)CSc2nnc(Cc3ccccc3)o2)c(N)n(Cc2ccccc2)c1=O. The number of hydrogen-bond donors (Lipinski definition) is 1. The van der Waals surface area contributed by atoms with Gasteiger partial charge in [-0.2, -0.15) is 0 Å². The largest absolute Gasteiger partial charge is 0.416 e. The highest BCUT2D eigenvalue weighted by Crippen LogP contribution is 2.20. The lowest BCUT2D eigenvalue weighted by Gasteiger charge is -2.14. The number of thioether (sulfide) groups is 1. The van der Waals surface area contributed by atoms with Crippen LogP contribution in [0.25, 0.3) is 0 Å². The standard InChI is InChI=1S/C23H21N5O4S/c1-27-21(30)19(20(24)28(23(27)31)13-16-10-6-3-7-11-16)17(29)14-33-22-26-25-18(32-22)12-15-8-4-2-5-9-15/h2-11H,12-14,24H2,1H3. The molecule has 2 N–H and O–H groups in total. The highest BCUT2D eigenvalue weighted by Gasteiger charge is 2.22. The van der Waals surface area contributed by atoms with Crippen molar-refractivity contribution in [1.29, 1.82) is 0 Å². The van der Waals surface area contributed by atoms with Gasteiger partial charge >= 0.3 is 5.69 Å². The van der Waals surface area contributed by atoms with Gasteiger partial charge in [0.25, 0.3) is 10.8 Å². The summed E-state index contributed by atoms with van der Waals surface area (Å²) in [6.07, 6.45) is 0.473. The number of benzene rings is 2. The molecule has 2 aromatic carbocycles. The number of carbonyl (C=O) groups is 1. The molecule has 0 bridgehead atoms. The Kier molecular flexibility index (Phi) is 6.55. The van der Waals surface area contributed by atoms with Crippen LogP contribution in [0.5, 0.6) is 0 Å². The zero-order valence-corrected chi connectivity index (χ0v) is 18.6. The first kappa shape index (κ1) is 22.3. The van der Waals surface area contributed by atoms with Gasteiger partial charge in [0, 0.05) is 7.05 Å². The number of anilines is 1. The van der Waals surface area contributed by atoms with Gasteiger partial charge < -0.3 is 10.2 Å². The molecule has 0 unspecified atom stereocenters. The summed E-state index contributed by atoms with van der Waals surface area (Å²) in [4.78, 5) is 38.2. The first-order valence-electron chi connectivity index (χ1n) is 10.1. The van der Waals surface area contributed by atoms with Crippen molar-refractivity contribution < 1.29 is 9.21 Å². The molecule has 4 rings (SSSR count). The zero-order chi connectivity index (χ0) is 23.4. The quantitative estimate of drug-likeness (QED) is 0.311. The second kappa shape index (κ2) is 9.70. The molecule has 0 amide bonds. The van der Waals surface area contributed by atoms with Gasteiger partial charge in [-0.15, -0.1) is 10.2 Å². The van der Waals surface area contributed by atoms with Gasteiger partial charge in [-0.1, -0.05) is 72.4 Å². The molecule has 2 heterocycles. The molecule has 2 aromatic heterocycles. The van der Waals surface area contributed by atoms with Crippen LogP contribution in [-0.4, -0.2) is 30.9 Å². The summed E-state index contributed by atoms with van der Waals surface area (Å²) < 4.78 is 7.71. The van der Waals surface area contributed by atoms with Crippen LogP contribution in [0, 0.1) is 0 Å². The smallest absolute Gasteiger partial charge is 0.332 e. The normalized spacial score (nSPS) is 10.9. The van der Waals surface area contributed by atoms with Gasteiger partial charge in [0.15, 0.2) is 5.78 Å². The molecular weight excluding hydrogens is 442 g/mol. The van der Waals surface area contributed by atoms with Gasteiger partial charge in [0.2, 0.25) is 5.89 Å². The minimum atomic E-state index is -0.734. The summed E-state index contributed by atoms with van der Waals surface area (Å²) in [6.45, 7) is 0.138. The number of nitrogens with two attached hydrogens (primary N) is 1. The van der Waals surface area contributed by atoms with Gasteiger partial charge in [0.05, 0.1) is 18.7 Å². The van der Waals surface area contributed by atoms with E-state index in [1.807, 2.05) is 60.7 Å². The van der Waals surface area contributed by atoms with E-state index in [0.29, 0.717) is 12.3 Å². The third-order valence-corrected chi connectivity index (χ3v) is 5.84. The molecule has 0 aliphatic heterocycles. The van der Waals surface area contributed by atoms with E-state index >= 15 is 0 Å². The van der Waals surface area contributed by atoms with Crippen molar-refractivity contribution in [2.75, 3.05) is 11.5 Å². The molecule has 0 atom stereocenters. The predicted octanol–water partition coefficient (Wildman–Crippen LogP) is 2.13. The minimum Gasteiger partial charge on any atom is -0.416 e. The molecule has 0 radical (unpaired) electrons. The lowest BCUT2D eigenvalue weighted by molar-refractivity contribution is 0.102. The first-order chi connectivity index (χ1) is 15.9. The summed E-state index contributed by atoms with van der Waals surface area (Å²) in [7, 11) is 1.32. The van der Waals surface area contributed by atoms with Crippen LogP contribution in [0.2, 0.25) is 0 Å². The molecule has 168 valence electrons. The van der Waals surface area contributed by atoms with Crippen LogP contribution in [0.1, 0.15) is 27.4 Å². The Balaban J connectivity index is 1.52. The van der Waals surface area contributed by atoms with Crippen molar-refractivity contribution >= 4 is 23.4 Å². The van der Waals surface area contributed by atoms with Crippen molar-refractivity contribution in [2.45, 2.75) is 18.2 Å². The number of carbonyl (C=O) groups excluding carboxylic acids is 1. The Hall–Kier alpha value is -3.92. The van der Waals surface area contributed by atoms with E-state index in [-0.39, 0.29) is 28.9 Å². The fourth-order valence-corrected chi connectivity index (χ4v) is 3.95. The lowest BCUT2D eigenvalue weighted by Crippen LogP contribution is -2.43. The third kappa shape index (κ3) is 4.96. The molecule has 0 saturated carbocycles. The number of ketones is 1. The van der Waals surface area contributed by atoms with Crippen LogP contribution in [-0.2, 0) is 20.0 Å². The molecule has 0 fully saturated rings. The van der Waals surface area contributed by atoms with Gasteiger partial charge in [-0.25, -0.2) is 4.79 Å². The number of Topliss-reactive ketones (excluding diaryl/α,β-unsaturated/α-hetero) is 1. The van der Waals surface area contributed by atoms with Crippen molar-refractivity contribution in [3.8, 4) is 0 Å². The summed E-state index contributed by atoms with van der Waals surface area (Å²) in [5.74, 6) is -0.408. The number of hydrogen-bond acceptors (Lipinski definition) is 8. The van der Waals surface area contributed by atoms with E-state index in [9.17, 15) is 14.4 Å². The monoisotopic (exact) mass is 463 g/mol. The number of rotatable bonds is 8.